The van der Waals surface area contributed by atoms with Crippen molar-refractivity contribution in [3.63, 3.8) is 0 Å². The third-order valence-corrected chi connectivity index (χ3v) is 8.46. The molecule has 0 aliphatic carbocycles. The minimum Gasteiger partial charge on any atom is -0.335 e. The highest BCUT2D eigenvalue weighted by molar-refractivity contribution is 8.03. The lowest BCUT2D eigenvalue weighted by Gasteiger charge is -2.21. The van der Waals surface area contributed by atoms with Crippen LogP contribution < -0.4 is 9.80 Å². The average Bonchev–Trinajstić information content (AvgIpc) is 3.41. The number of rotatable bonds is 9. The zero-order valence-corrected chi connectivity index (χ0v) is 23.2. The van der Waals surface area contributed by atoms with E-state index in [0.29, 0.717) is 17.4 Å². The van der Waals surface area contributed by atoms with E-state index in [-0.39, 0.29) is 5.91 Å². The molecule has 0 spiro atoms. The molecule has 1 amide bonds. The Morgan fingerprint density at radius 2 is 1.59 bits per heavy atom. The minimum absolute atomic E-state index is 0.0183. The van der Waals surface area contributed by atoms with Gasteiger partial charge in [0.15, 0.2) is 5.11 Å². The number of benzene rings is 3. The molecule has 0 saturated carbocycles. The molecule has 0 radical (unpaired) electrons. The van der Waals surface area contributed by atoms with Crippen LogP contribution in [-0.2, 0) is 4.79 Å². The van der Waals surface area contributed by atoms with E-state index in [1.807, 2.05) is 41.3 Å². The van der Waals surface area contributed by atoms with Crippen molar-refractivity contribution in [3.05, 3.63) is 89.6 Å². The van der Waals surface area contributed by atoms with E-state index in [9.17, 15) is 4.79 Å². The van der Waals surface area contributed by atoms with Crippen LogP contribution in [0.25, 0.3) is 10.8 Å². The number of carbonyl (C=O) groups is 1. The van der Waals surface area contributed by atoms with Crippen molar-refractivity contribution in [3.8, 4) is 0 Å². The number of unbranched alkanes of at least 4 members (excludes halogenated alkanes) is 4. The standard InChI is InChI=1S/C31H33N3OS2/c1-3-5-6-7-13-22-33-30(35)26(34(31(33)36)24-15-9-8-10-16-24)19-21-28-32(4-2)29-25-17-12-11-14-23(25)18-20-27(29)37-28/h8-12,14-21H,3-7,13,22H2,1-2H3/b26-19-,28-21-. The van der Waals surface area contributed by atoms with Gasteiger partial charge in [-0.25, -0.2) is 0 Å². The topological polar surface area (TPSA) is 26.8 Å². The predicted octanol–water partition coefficient (Wildman–Crippen LogP) is 8.10. The van der Waals surface area contributed by atoms with Crippen LogP contribution in [0.4, 0.5) is 11.4 Å². The highest BCUT2D eigenvalue weighted by atomic mass is 32.2. The molecule has 5 rings (SSSR count). The number of amides is 1. The molecule has 0 unspecified atom stereocenters. The largest absolute Gasteiger partial charge is 0.335 e. The summed E-state index contributed by atoms with van der Waals surface area (Å²) >= 11 is 7.61. The number of anilines is 2. The molecule has 0 aromatic heterocycles. The number of fused-ring (bicyclic) bond motifs is 3. The molecule has 6 heteroatoms. The van der Waals surface area contributed by atoms with Gasteiger partial charge in [0.05, 0.1) is 10.7 Å². The Morgan fingerprint density at radius 1 is 0.838 bits per heavy atom. The lowest BCUT2D eigenvalue weighted by Crippen LogP contribution is -2.33. The smallest absolute Gasteiger partial charge is 0.277 e. The van der Waals surface area contributed by atoms with Crippen molar-refractivity contribution in [2.24, 2.45) is 0 Å². The van der Waals surface area contributed by atoms with Crippen LogP contribution in [0.1, 0.15) is 46.0 Å². The van der Waals surface area contributed by atoms with Gasteiger partial charge in [-0.2, -0.15) is 0 Å². The van der Waals surface area contributed by atoms with E-state index in [0.717, 1.165) is 30.1 Å². The summed E-state index contributed by atoms with van der Waals surface area (Å²) in [6.45, 7) is 5.89. The third-order valence-electron chi connectivity index (χ3n) is 6.94. The number of thiocarbonyl (C=S) groups is 1. The van der Waals surface area contributed by atoms with Gasteiger partial charge in [0, 0.05) is 29.1 Å². The molecule has 2 aliphatic rings. The normalized spacial score (nSPS) is 17.6. The van der Waals surface area contributed by atoms with Gasteiger partial charge in [0.2, 0.25) is 0 Å². The van der Waals surface area contributed by atoms with Crippen LogP contribution in [-0.4, -0.2) is 29.0 Å². The number of nitrogens with zero attached hydrogens (tertiary/aromatic N) is 3. The summed E-state index contributed by atoms with van der Waals surface area (Å²) in [4.78, 5) is 20.9. The molecule has 0 N–H and O–H groups in total. The van der Waals surface area contributed by atoms with Crippen LogP contribution in [0, 0.1) is 0 Å². The van der Waals surface area contributed by atoms with Crippen molar-refractivity contribution < 1.29 is 4.79 Å². The van der Waals surface area contributed by atoms with Crippen LogP contribution in [0.5, 0.6) is 0 Å². The summed E-state index contributed by atoms with van der Waals surface area (Å²) in [6.07, 6.45) is 9.75. The average molecular weight is 528 g/mol. The van der Waals surface area contributed by atoms with Crippen molar-refractivity contribution in [2.75, 3.05) is 22.9 Å². The Labute approximate surface area is 229 Å². The summed E-state index contributed by atoms with van der Waals surface area (Å²) < 4.78 is 0. The molecular weight excluding hydrogens is 494 g/mol. The summed E-state index contributed by atoms with van der Waals surface area (Å²) in [5, 5.41) is 4.17. The number of hydrogen-bond acceptors (Lipinski definition) is 4. The maximum atomic E-state index is 13.6. The first-order valence-electron chi connectivity index (χ1n) is 13.2. The lowest BCUT2D eigenvalue weighted by atomic mass is 10.1. The summed E-state index contributed by atoms with van der Waals surface area (Å²) in [5.41, 5.74) is 2.77. The molecule has 0 bridgehead atoms. The SMILES string of the molecule is CCCCCCCN1C(=O)/C(=C/C=C2\Sc3ccc4ccccc4c3N2CC)N(c2ccccc2)C1=S. The number of allylic oxidation sites excluding steroid dienone is 2. The van der Waals surface area contributed by atoms with Crippen LogP contribution >= 0.6 is 24.0 Å². The van der Waals surface area contributed by atoms with Gasteiger partial charge in [-0.3, -0.25) is 14.6 Å². The van der Waals surface area contributed by atoms with Crippen molar-refractivity contribution in [1.82, 2.24) is 4.90 Å². The van der Waals surface area contributed by atoms with E-state index < -0.39 is 0 Å². The van der Waals surface area contributed by atoms with E-state index >= 15 is 0 Å². The van der Waals surface area contributed by atoms with Crippen LogP contribution in [0.2, 0.25) is 0 Å². The predicted molar refractivity (Wildman–Crippen MR) is 161 cm³/mol. The van der Waals surface area contributed by atoms with Gasteiger partial charge in [0.1, 0.15) is 5.70 Å². The second kappa shape index (κ2) is 11.5. The number of thioether (sulfide) groups is 1. The zero-order chi connectivity index (χ0) is 25.8. The summed E-state index contributed by atoms with van der Waals surface area (Å²) in [6, 6.07) is 22.9. The first kappa shape index (κ1) is 25.6. The van der Waals surface area contributed by atoms with E-state index in [2.05, 4.69) is 61.2 Å². The molecule has 3 aromatic rings. The molecule has 2 aliphatic heterocycles. The fraction of sp³-hybridized carbons (Fsp3) is 0.290. The minimum atomic E-state index is -0.0183. The van der Waals surface area contributed by atoms with Crippen LogP contribution in [0.15, 0.2) is 94.5 Å². The Bertz CT molecular complexity index is 1370. The fourth-order valence-electron chi connectivity index (χ4n) is 5.05. The summed E-state index contributed by atoms with van der Waals surface area (Å²) in [7, 11) is 0. The van der Waals surface area contributed by atoms with Gasteiger partial charge in [-0.05, 0) is 61.3 Å². The maximum absolute atomic E-state index is 13.6. The van der Waals surface area contributed by atoms with Gasteiger partial charge in [-0.15, -0.1) is 0 Å². The van der Waals surface area contributed by atoms with Gasteiger partial charge >= 0.3 is 0 Å². The van der Waals surface area contributed by atoms with Gasteiger partial charge in [0.25, 0.3) is 5.91 Å². The molecule has 4 nitrogen and oxygen atoms in total. The van der Waals surface area contributed by atoms with Gasteiger partial charge < -0.3 is 4.90 Å². The third kappa shape index (κ3) is 5.05. The Hall–Kier alpha value is -3.09. The van der Waals surface area contributed by atoms with Crippen molar-refractivity contribution >= 4 is 57.1 Å². The number of hydrogen-bond donors (Lipinski definition) is 0. The zero-order valence-electron chi connectivity index (χ0n) is 21.5. The molecule has 190 valence electrons. The first-order valence-corrected chi connectivity index (χ1v) is 14.5. The lowest BCUT2D eigenvalue weighted by molar-refractivity contribution is -0.122. The molecule has 0 atom stereocenters. The first-order chi connectivity index (χ1) is 18.1. The summed E-state index contributed by atoms with van der Waals surface area (Å²) in [5.74, 6) is -0.0183. The molecule has 1 saturated heterocycles. The van der Waals surface area contributed by atoms with Crippen molar-refractivity contribution in [1.29, 1.82) is 0 Å². The maximum Gasteiger partial charge on any atom is 0.277 e. The van der Waals surface area contributed by atoms with E-state index in [4.69, 9.17) is 12.2 Å². The van der Waals surface area contributed by atoms with Crippen molar-refractivity contribution in [2.45, 2.75) is 50.8 Å². The van der Waals surface area contributed by atoms with Crippen LogP contribution in [0.3, 0.4) is 0 Å². The second-order valence-corrected chi connectivity index (χ2v) is 10.8. The molecule has 1 fully saturated rings. The number of para-hydroxylation sites is 1. The highest BCUT2D eigenvalue weighted by Crippen LogP contribution is 2.49. The van der Waals surface area contributed by atoms with E-state index in [1.54, 1.807) is 16.7 Å². The monoisotopic (exact) mass is 527 g/mol. The Balaban J connectivity index is 1.47. The highest BCUT2D eigenvalue weighted by Gasteiger charge is 2.38. The van der Waals surface area contributed by atoms with Gasteiger partial charge in [-0.1, -0.05) is 92.9 Å². The molecule has 2 heterocycles. The second-order valence-electron chi connectivity index (χ2n) is 9.36. The fourth-order valence-corrected chi connectivity index (χ4v) is 6.57. The Morgan fingerprint density at radius 3 is 2.38 bits per heavy atom. The molecule has 37 heavy (non-hydrogen) atoms. The van der Waals surface area contributed by atoms with E-state index in [1.165, 1.54) is 40.6 Å². The molecule has 3 aromatic carbocycles. The molecular formula is C31H33N3OS2. The Kier molecular flexibility index (Phi) is 7.96. The number of carbonyl (C=O) groups excluding carboxylic acids is 1. The quantitative estimate of drug-likeness (QED) is 0.159.